The zero-order chi connectivity index (χ0) is 18.6. The van der Waals surface area contributed by atoms with Gasteiger partial charge in [-0.3, -0.25) is 20.0 Å². The number of carbonyl (C=O) groups is 1. The molecule has 1 aliphatic rings. The molecule has 1 heterocycles. The molecule has 0 saturated heterocycles. The van der Waals surface area contributed by atoms with Crippen LogP contribution in [0.2, 0.25) is 5.02 Å². The molecule has 1 saturated carbocycles. The van der Waals surface area contributed by atoms with E-state index < -0.39 is 23.6 Å². The maximum atomic E-state index is 12.2. The lowest BCUT2D eigenvalue weighted by Gasteiger charge is -2.28. The largest absolute Gasteiger partial charge is 0.382 e. The number of aryl methyl sites for hydroxylation is 1. The van der Waals surface area contributed by atoms with Gasteiger partial charge in [-0.1, -0.05) is 43.7 Å². The van der Waals surface area contributed by atoms with Crippen molar-refractivity contribution in [2.45, 2.75) is 50.7 Å². The number of rotatable bonds is 6. The van der Waals surface area contributed by atoms with Crippen molar-refractivity contribution in [1.82, 2.24) is 15.2 Å². The van der Waals surface area contributed by atoms with Crippen LogP contribution in [0.15, 0.2) is 11.0 Å². The summed E-state index contributed by atoms with van der Waals surface area (Å²) in [4.78, 5) is 24.0. The summed E-state index contributed by atoms with van der Waals surface area (Å²) in [6.45, 7) is 0. The zero-order valence-electron chi connectivity index (χ0n) is 14.6. The summed E-state index contributed by atoms with van der Waals surface area (Å²) in [5.41, 5.74) is 8.27. The summed E-state index contributed by atoms with van der Waals surface area (Å²) in [7, 11) is 2.99. The third-order valence-electron chi connectivity index (χ3n) is 4.70. The van der Waals surface area contributed by atoms with Crippen molar-refractivity contribution >= 4 is 23.2 Å². The first-order valence-electron chi connectivity index (χ1n) is 8.51. The Morgan fingerprint density at radius 3 is 2.80 bits per heavy atom. The first-order valence-corrected chi connectivity index (χ1v) is 8.88. The Hall–Kier alpha value is -1.64. The van der Waals surface area contributed by atoms with Crippen LogP contribution in [-0.4, -0.2) is 40.0 Å². The molecular formula is C16H26ClN5O3. The predicted octanol–water partition coefficient (Wildman–Crippen LogP) is 0.560. The minimum atomic E-state index is -1.33. The van der Waals surface area contributed by atoms with Gasteiger partial charge in [-0.05, 0) is 12.3 Å². The molecule has 1 aromatic rings. The molecule has 0 aromatic carbocycles. The number of anilines is 1. The number of nitrogens with two attached hydrogens (primary N) is 1. The maximum absolute atomic E-state index is 12.2. The quantitative estimate of drug-likeness (QED) is 0.630. The number of carbonyl (C=O) groups excluding carboxylic acids is 1. The lowest BCUT2D eigenvalue weighted by Crippen LogP contribution is -2.52. The number of aromatic nitrogens is 2. The van der Waals surface area contributed by atoms with Gasteiger partial charge in [-0.25, -0.2) is 4.68 Å². The molecule has 0 radical (unpaired) electrons. The highest BCUT2D eigenvalue weighted by molar-refractivity contribution is 6.33. The number of nitrogens with zero attached hydrogens (tertiary/aromatic N) is 3. The molecule has 2 rings (SSSR count). The van der Waals surface area contributed by atoms with E-state index in [1.807, 2.05) is 0 Å². The third kappa shape index (κ3) is 4.93. The lowest BCUT2D eigenvalue weighted by atomic mass is 9.84. The van der Waals surface area contributed by atoms with Crippen LogP contribution in [0, 0.1) is 5.92 Å². The molecule has 1 aromatic heterocycles. The molecule has 2 atom stereocenters. The van der Waals surface area contributed by atoms with Gasteiger partial charge in [0.1, 0.15) is 16.8 Å². The highest BCUT2D eigenvalue weighted by atomic mass is 35.5. The number of aliphatic hydroxyl groups excluding tert-OH is 1. The summed E-state index contributed by atoms with van der Waals surface area (Å²) in [5.74, 6) is -0.178. The van der Waals surface area contributed by atoms with Gasteiger partial charge < -0.3 is 10.8 Å². The second kappa shape index (κ2) is 8.64. The zero-order valence-corrected chi connectivity index (χ0v) is 15.4. The molecule has 1 aliphatic carbocycles. The Kier molecular flexibility index (Phi) is 6.80. The summed E-state index contributed by atoms with van der Waals surface area (Å²) in [5, 5.41) is 15.3. The van der Waals surface area contributed by atoms with E-state index in [1.54, 1.807) is 0 Å². The van der Waals surface area contributed by atoms with Gasteiger partial charge in [-0.2, -0.15) is 5.10 Å². The highest BCUT2D eigenvalue weighted by Gasteiger charge is 2.27. The normalized spacial score (nSPS) is 17.8. The fourth-order valence-corrected chi connectivity index (χ4v) is 3.46. The van der Waals surface area contributed by atoms with Crippen molar-refractivity contribution in [2.75, 3.05) is 12.1 Å². The fraction of sp³-hybridized carbons (Fsp3) is 0.688. The number of amides is 1. The summed E-state index contributed by atoms with van der Waals surface area (Å²) in [6.07, 6.45) is 6.43. The summed E-state index contributed by atoms with van der Waals surface area (Å²) >= 11 is 5.99. The third-order valence-corrected chi connectivity index (χ3v) is 5.06. The number of hydrogen-bond acceptors (Lipinski definition) is 6. The van der Waals surface area contributed by atoms with E-state index in [9.17, 15) is 14.7 Å². The molecule has 0 bridgehead atoms. The van der Waals surface area contributed by atoms with Gasteiger partial charge >= 0.3 is 0 Å². The number of hydrogen-bond donors (Lipinski definition) is 3. The standard InChI is InChI=1S/C16H26ClN5O3/c1-21(12-9-19-22(2)16(25)13(12)17)20-15(24)14(23)11(18)8-10-6-4-3-5-7-10/h9-11,14,23H,3-8,18H2,1-2H3,(H,20,24). The molecule has 8 nitrogen and oxygen atoms in total. The van der Waals surface area contributed by atoms with Crippen molar-refractivity contribution < 1.29 is 9.90 Å². The SMILES string of the molecule is CN(NC(=O)C(O)C(N)CC1CCCCC1)c1cnn(C)c(=O)c1Cl. The van der Waals surface area contributed by atoms with E-state index in [4.69, 9.17) is 17.3 Å². The Labute approximate surface area is 151 Å². The van der Waals surface area contributed by atoms with Gasteiger partial charge in [0.25, 0.3) is 11.5 Å². The van der Waals surface area contributed by atoms with Gasteiger partial charge in [0.15, 0.2) is 0 Å². The number of aliphatic hydroxyl groups is 1. The first kappa shape index (κ1) is 19.7. The second-order valence-electron chi connectivity index (χ2n) is 6.66. The van der Waals surface area contributed by atoms with Crippen LogP contribution in [0.1, 0.15) is 38.5 Å². The lowest BCUT2D eigenvalue weighted by molar-refractivity contribution is -0.130. The van der Waals surface area contributed by atoms with E-state index >= 15 is 0 Å². The Morgan fingerprint density at radius 1 is 1.52 bits per heavy atom. The molecular weight excluding hydrogens is 346 g/mol. The van der Waals surface area contributed by atoms with E-state index in [-0.39, 0.29) is 10.7 Å². The molecule has 0 aliphatic heterocycles. The van der Waals surface area contributed by atoms with Crippen molar-refractivity contribution in [3.63, 3.8) is 0 Å². The second-order valence-corrected chi connectivity index (χ2v) is 7.03. The molecule has 9 heteroatoms. The van der Waals surface area contributed by atoms with E-state index in [1.165, 1.54) is 44.6 Å². The average molecular weight is 372 g/mol. The Bertz CT molecular complexity index is 660. The minimum Gasteiger partial charge on any atom is -0.382 e. The fourth-order valence-electron chi connectivity index (χ4n) is 3.16. The molecule has 2 unspecified atom stereocenters. The predicted molar refractivity (Wildman–Crippen MR) is 96.2 cm³/mol. The number of halogens is 1. The smallest absolute Gasteiger partial charge is 0.287 e. The minimum absolute atomic E-state index is 0.0682. The molecule has 1 amide bonds. The average Bonchev–Trinajstić information content (AvgIpc) is 2.59. The van der Waals surface area contributed by atoms with Crippen LogP contribution in [-0.2, 0) is 11.8 Å². The van der Waals surface area contributed by atoms with Crippen LogP contribution in [0.3, 0.4) is 0 Å². The van der Waals surface area contributed by atoms with E-state index in [0.717, 1.165) is 17.5 Å². The monoisotopic (exact) mass is 371 g/mol. The number of hydrazine groups is 1. The van der Waals surface area contributed by atoms with Crippen LogP contribution >= 0.6 is 11.6 Å². The van der Waals surface area contributed by atoms with Crippen molar-refractivity contribution in [2.24, 2.45) is 18.7 Å². The molecule has 1 fully saturated rings. The summed E-state index contributed by atoms with van der Waals surface area (Å²) < 4.78 is 1.09. The van der Waals surface area contributed by atoms with Gasteiger partial charge in [0.2, 0.25) is 0 Å². The molecule has 140 valence electrons. The van der Waals surface area contributed by atoms with Crippen LogP contribution in [0.5, 0.6) is 0 Å². The Morgan fingerprint density at radius 2 is 2.16 bits per heavy atom. The molecule has 25 heavy (non-hydrogen) atoms. The van der Waals surface area contributed by atoms with Gasteiger partial charge in [-0.15, -0.1) is 0 Å². The topological polar surface area (TPSA) is 113 Å². The number of nitrogens with one attached hydrogen (secondary N) is 1. The van der Waals surface area contributed by atoms with Crippen molar-refractivity contribution in [3.05, 3.63) is 21.6 Å². The van der Waals surface area contributed by atoms with E-state index in [0.29, 0.717) is 12.3 Å². The van der Waals surface area contributed by atoms with Crippen molar-refractivity contribution in [3.8, 4) is 0 Å². The van der Waals surface area contributed by atoms with Crippen LogP contribution < -0.4 is 21.7 Å². The Balaban J connectivity index is 1.95. The molecule has 4 N–H and O–H groups in total. The molecule has 0 spiro atoms. The maximum Gasteiger partial charge on any atom is 0.287 e. The van der Waals surface area contributed by atoms with Crippen LogP contribution in [0.25, 0.3) is 0 Å². The van der Waals surface area contributed by atoms with Crippen LogP contribution in [0.4, 0.5) is 5.69 Å². The highest BCUT2D eigenvalue weighted by Crippen LogP contribution is 2.27. The van der Waals surface area contributed by atoms with Gasteiger partial charge in [0, 0.05) is 20.1 Å². The first-order chi connectivity index (χ1) is 11.8. The van der Waals surface area contributed by atoms with Gasteiger partial charge in [0.05, 0.1) is 6.20 Å². The van der Waals surface area contributed by atoms with E-state index in [2.05, 4.69) is 10.5 Å². The summed E-state index contributed by atoms with van der Waals surface area (Å²) in [6, 6.07) is -0.631. The van der Waals surface area contributed by atoms with Crippen molar-refractivity contribution in [1.29, 1.82) is 0 Å².